The molecule has 2 nitrogen and oxygen atoms in total. The molecule has 1 N–H and O–H groups in total. The fraction of sp³-hybridized carbons (Fsp3) is 0.667. The standard InChI is InChI=1S/C18H28O2/c1-10(2)14-12(5)17-13(8-9-18(6,7)20-17)15(11(3)4)16(14)19/h10-11,19H,8-9H2,1-7H3. The number of phenols is 1. The Labute approximate surface area is 123 Å². The molecule has 2 rings (SSSR count). The van der Waals surface area contributed by atoms with E-state index >= 15 is 0 Å². The highest BCUT2D eigenvalue weighted by atomic mass is 16.5. The van der Waals surface area contributed by atoms with Crippen LogP contribution in [0, 0.1) is 6.92 Å². The summed E-state index contributed by atoms with van der Waals surface area (Å²) in [5, 5.41) is 10.7. The number of hydrogen-bond donors (Lipinski definition) is 1. The molecule has 0 fully saturated rings. The molecule has 1 aliphatic heterocycles. The van der Waals surface area contributed by atoms with Crippen LogP contribution in [-0.4, -0.2) is 10.7 Å². The van der Waals surface area contributed by atoms with Gasteiger partial charge in [-0.15, -0.1) is 0 Å². The third-order valence-electron chi connectivity index (χ3n) is 4.36. The van der Waals surface area contributed by atoms with Crippen molar-refractivity contribution < 1.29 is 9.84 Å². The summed E-state index contributed by atoms with van der Waals surface area (Å²) in [5.74, 6) is 2.12. The van der Waals surface area contributed by atoms with Gasteiger partial charge in [0.25, 0.3) is 0 Å². The molecular formula is C18H28O2. The van der Waals surface area contributed by atoms with Crippen LogP contribution >= 0.6 is 0 Å². The molecule has 112 valence electrons. The van der Waals surface area contributed by atoms with Gasteiger partial charge in [-0.3, -0.25) is 0 Å². The summed E-state index contributed by atoms with van der Waals surface area (Å²) in [7, 11) is 0. The monoisotopic (exact) mass is 276 g/mol. The third kappa shape index (κ3) is 2.41. The topological polar surface area (TPSA) is 29.5 Å². The van der Waals surface area contributed by atoms with Gasteiger partial charge in [0.2, 0.25) is 0 Å². The second kappa shape index (κ2) is 4.98. The number of hydrogen-bond acceptors (Lipinski definition) is 2. The first-order valence-electron chi connectivity index (χ1n) is 7.73. The zero-order valence-corrected chi connectivity index (χ0v) is 13.9. The largest absolute Gasteiger partial charge is 0.507 e. The number of benzene rings is 1. The maximum atomic E-state index is 10.7. The molecule has 0 atom stereocenters. The normalized spacial score (nSPS) is 17.2. The molecule has 2 heteroatoms. The molecule has 1 aromatic carbocycles. The highest BCUT2D eigenvalue weighted by molar-refractivity contribution is 5.61. The van der Waals surface area contributed by atoms with E-state index in [2.05, 4.69) is 48.5 Å². The number of rotatable bonds is 2. The van der Waals surface area contributed by atoms with Crippen molar-refractivity contribution in [3.8, 4) is 11.5 Å². The van der Waals surface area contributed by atoms with Gasteiger partial charge in [0.1, 0.15) is 17.1 Å². The molecule has 0 saturated heterocycles. The smallest absolute Gasteiger partial charge is 0.127 e. The second-order valence-corrected chi connectivity index (χ2v) is 7.28. The highest BCUT2D eigenvalue weighted by Gasteiger charge is 2.33. The van der Waals surface area contributed by atoms with Gasteiger partial charge < -0.3 is 9.84 Å². The minimum atomic E-state index is -0.114. The lowest BCUT2D eigenvalue weighted by atomic mass is 9.81. The maximum Gasteiger partial charge on any atom is 0.127 e. The molecule has 0 aliphatic carbocycles. The van der Waals surface area contributed by atoms with Crippen LogP contribution in [0.5, 0.6) is 11.5 Å². The predicted molar refractivity (Wildman–Crippen MR) is 84.0 cm³/mol. The van der Waals surface area contributed by atoms with E-state index in [1.165, 1.54) is 5.56 Å². The van der Waals surface area contributed by atoms with Crippen molar-refractivity contribution in [3.05, 3.63) is 22.3 Å². The van der Waals surface area contributed by atoms with Crippen molar-refractivity contribution in [1.82, 2.24) is 0 Å². The Morgan fingerprint density at radius 2 is 1.60 bits per heavy atom. The Morgan fingerprint density at radius 3 is 2.10 bits per heavy atom. The Bertz CT molecular complexity index is 525. The van der Waals surface area contributed by atoms with E-state index in [-0.39, 0.29) is 5.60 Å². The number of ether oxygens (including phenoxy) is 1. The van der Waals surface area contributed by atoms with Crippen molar-refractivity contribution in [3.63, 3.8) is 0 Å². The lowest BCUT2D eigenvalue weighted by Crippen LogP contribution is -2.33. The highest BCUT2D eigenvalue weighted by Crippen LogP contribution is 2.48. The molecule has 0 aromatic heterocycles. The van der Waals surface area contributed by atoms with Gasteiger partial charge in [-0.05, 0) is 51.0 Å². The molecule has 1 aromatic rings. The van der Waals surface area contributed by atoms with E-state index in [1.807, 2.05) is 0 Å². The van der Waals surface area contributed by atoms with Crippen molar-refractivity contribution in [1.29, 1.82) is 0 Å². The molecule has 0 radical (unpaired) electrons. The SMILES string of the molecule is Cc1c2c(c(C(C)C)c(O)c1C(C)C)CCC(C)(C)O2. The third-order valence-corrected chi connectivity index (χ3v) is 4.36. The first-order chi connectivity index (χ1) is 9.15. The van der Waals surface area contributed by atoms with Crippen LogP contribution in [0.25, 0.3) is 0 Å². The van der Waals surface area contributed by atoms with Gasteiger partial charge in [-0.25, -0.2) is 0 Å². The van der Waals surface area contributed by atoms with Gasteiger partial charge in [-0.2, -0.15) is 0 Å². The van der Waals surface area contributed by atoms with Crippen molar-refractivity contribution in [2.24, 2.45) is 0 Å². The maximum absolute atomic E-state index is 10.7. The second-order valence-electron chi connectivity index (χ2n) is 7.28. The van der Waals surface area contributed by atoms with Crippen LogP contribution < -0.4 is 4.74 Å². The van der Waals surface area contributed by atoms with Crippen LogP contribution in [0.2, 0.25) is 0 Å². The van der Waals surface area contributed by atoms with Gasteiger partial charge in [0, 0.05) is 16.7 Å². The summed E-state index contributed by atoms with van der Waals surface area (Å²) in [4.78, 5) is 0. The molecule has 0 bridgehead atoms. The van der Waals surface area contributed by atoms with Crippen molar-refractivity contribution >= 4 is 0 Å². The van der Waals surface area contributed by atoms with Crippen LogP contribution in [0.3, 0.4) is 0 Å². The predicted octanol–water partition coefficient (Wildman–Crippen LogP) is 5.05. The lowest BCUT2D eigenvalue weighted by molar-refractivity contribution is 0.0828. The first kappa shape index (κ1) is 15.2. The quantitative estimate of drug-likeness (QED) is 0.819. The molecular weight excluding hydrogens is 248 g/mol. The minimum absolute atomic E-state index is 0.114. The fourth-order valence-corrected chi connectivity index (χ4v) is 3.40. The van der Waals surface area contributed by atoms with Gasteiger partial charge in [-0.1, -0.05) is 27.7 Å². The van der Waals surface area contributed by atoms with Crippen LogP contribution in [-0.2, 0) is 6.42 Å². The first-order valence-corrected chi connectivity index (χ1v) is 7.73. The van der Waals surface area contributed by atoms with Gasteiger partial charge >= 0.3 is 0 Å². The van der Waals surface area contributed by atoms with Crippen LogP contribution in [0.1, 0.15) is 82.1 Å². The van der Waals surface area contributed by atoms with Gasteiger partial charge in [0.05, 0.1) is 0 Å². The Kier molecular flexibility index (Phi) is 3.79. The van der Waals surface area contributed by atoms with Crippen LogP contribution in [0.4, 0.5) is 0 Å². The Balaban J connectivity index is 2.76. The zero-order valence-electron chi connectivity index (χ0n) is 13.9. The summed E-state index contributed by atoms with van der Waals surface area (Å²) >= 11 is 0. The van der Waals surface area contributed by atoms with E-state index in [1.54, 1.807) is 0 Å². The average Bonchev–Trinajstić information content (AvgIpc) is 2.28. The summed E-state index contributed by atoms with van der Waals surface area (Å²) < 4.78 is 6.28. The molecule has 1 aliphatic rings. The molecule has 0 amide bonds. The van der Waals surface area contributed by atoms with Gasteiger partial charge in [0.15, 0.2) is 0 Å². The summed E-state index contributed by atoms with van der Waals surface area (Å²) in [6.45, 7) is 14.9. The number of phenolic OH excluding ortho intramolecular Hbond substituents is 1. The van der Waals surface area contributed by atoms with Crippen molar-refractivity contribution in [2.45, 2.75) is 78.7 Å². The zero-order chi connectivity index (χ0) is 15.2. The summed E-state index contributed by atoms with van der Waals surface area (Å²) in [6, 6.07) is 0. The van der Waals surface area contributed by atoms with E-state index in [4.69, 9.17) is 4.74 Å². The Morgan fingerprint density at radius 1 is 1.05 bits per heavy atom. The number of fused-ring (bicyclic) bond motifs is 1. The van der Waals surface area contributed by atoms with E-state index in [0.717, 1.165) is 35.3 Å². The number of aromatic hydroxyl groups is 1. The average molecular weight is 276 g/mol. The lowest BCUT2D eigenvalue weighted by Gasteiger charge is -2.37. The summed E-state index contributed by atoms with van der Waals surface area (Å²) in [6.07, 6.45) is 1.99. The minimum Gasteiger partial charge on any atom is -0.507 e. The molecule has 0 unspecified atom stereocenters. The van der Waals surface area contributed by atoms with E-state index < -0.39 is 0 Å². The molecule has 0 saturated carbocycles. The Hall–Kier alpha value is -1.18. The molecule has 1 heterocycles. The van der Waals surface area contributed by atoms with E-state index in [0.29, 0.717) is 17.6 Å². The summed E-state index contributed by atoms with van der Waals surface area (Å²) in [5.41, 5.74) is 4.36. The van der Waals surface area contributed by atoms with E-state index in [9.17, 15) is 5.11 Å². The molecule has 0 spiro atoms. The molecule has 20 heavy (non-hydrogen) atoms. The van der Waals surface area contributed by atoms with Crippen LogP contribution in [0.15, 0.2) is 0 Å². The fourth-order valence-electron chi connectivity index (χ4n) is 3.40. The van der Waals surface area contributed by atoms with Crippen molar-refractivity contribution in [2.75, 3.05) is 0 Å².